The number of hydrogen-bond acceptors (Lipinski definition) is 5. The maximum Gasteiger partial charge on any atom is 0.229 e. The number of methoxy groups -OCH3 is 1. The van der Waals surface area contributed by atoms with E-state index in [2.05, 4.69) is 4.98 Å². The minimum atomic E-state index is -0.233. The van der Waals surface area contributed by atoms with Crippen molar-refractivity contribution in [2.24, 2.45) is 5.73 Å². The van der Waals surface area contributed by atoms with Crippen LogP contribution in [0, 0.1) is 0 Å². The third kappa shape index (κ3) is 3.35. The van der Waals surface area contributed by atoms with E-state index in [4.69, 9.17) is 10.5 Å². The lowest BCUT2D eigenvalue weighted by Crippen LogP contribution is -2.34. The van der Waals surface area contributed by atoms with E-state index in [0.29, 0.717) is 5.88 Å². The van der Waals surface area contributed by atoms with Gasteiger partial charge in [0.25, 0.3) is 0 Å². The van der Waals surface area contributed by atoms with Crippen molar-refractivity contribution < 1.29 is 4.74 Å². The standard InChI is InChI=1S/C10H19N3OS/c1-10(2,11)6-7-8(14-5)12-9(15-7)13(3)4/h6,11H2,1-5H3. The minimum Gasteiger partial charge on any atom is -0.480 e. The summed E-state index contributed by atoms with van der Waals surface area (Å²) in [6, 6.07) is 0. The van der Waals surface area contributed by atoms with Gasteiger partial charge in [-0.1, -0.05) is 11.3 Å². The molecule has 1 rings (SSSR count). The first kappa shape index (κ1) is 12.3. The van der Waals surface area contributed by atoms with Crippen LogP contribution in [-0.4, -0.2) is 31.7 Å². The molecule has 0 unspecified atom stereocenters. The van der Waals surface area contributed by atoms with Crippen LogP contribution in [0.2, 0.25) is 0 Å². The van der Waals surface area contributed by atoms with Crippen LogP contribution in [0.15, 0.2) is 0 Å². The van der Waals surface area contributed by atoms with E-state index in [9.17, 15) is 0 Å². The normalized spacial score (nSPS) is 11.6. The predicted molar refractivity (Wildman–Crippen MR) is 65.0 cm³/mol. The third-order valence-electron chi connectivity index (χ3n) is 1.84. The Morgan fingerprint density at radius 3 is 2.47 bits per heavy atom. The molecule has 0 saturated carbocycles. The summed E-state index contributed by atoms with van der Waals surface area (Å²) < 4.78 is 5.24. The molecule has 0 spiro atoms. The largest absolute Gasteiger partial charge is 0.480 e. The molecule has 4 nitrogen and oxygen atoms in total. The number of nitrogens with two attached hydrogens (primary N) is 1. The van der Waals surface area contributed by atoms with Gasteiger partial charge in [-0.15, -0.1) is 0 Å². The lowest BCUT2D eigenvalue weighted by Gasteiger charge is -2.17. The van der Waals surface area contributed by atoms with E-state index < -0.39 is 0 Å². The quantitative estimate of drug-likeness (QED) is 0.850. The Labute approximate surface area is 95.1 Å². The summed E-state index contributed by atoms with van der Waals surface area (Å²) in [5.74, 6) is 0.697. The molecule has 1 aromatic heterocycles. The Morgan fingerprint density at radius 2 is 2.07 bits per heavy atom. The molecule has 1 heterocycles. The van der Waals surface area contributed by atoms with Gasteiger partial charge in [-0.3, -0.25) is 0 Å². The highest BCUT2D eigenvalue weighted by atomic mass is 32.1. The van der Waals surface area contributed by atoms with E-state index in [1.54, 1.807) is 18.4 Å². The molecule has 0 fully saturated rings. The van der Waals surface area contributed by atoms with Crippen LogP contribution in [0.25, 0.3) is 0 Å². The summed E-state index contributed by atoms with van der Waals surface area (Å²) in [6.45, 7) is 4.00. The molecule has 0 aliphatic heterocycles. The monoisotopic (exact) mass is 229 g/mol. The molecule has 0 aromatic carbocycles. The van der Waals surface area contributed by atoms with Gasteiger partial charge in [0.2, 0.25) is 5.88 Å². The zero-order valence-electron chi connectivity index (χ0n) is 10.00. The number of aromatic nitrogens is 1. The molecule has 0 atom stereocenters. The van der Waals surface area contributed by atoms with E-state index in [0.717, 1.165) is 16.4 Å². The highest BCUT2D eigenvalue weighted by Gasteiger charge is 2.19. The first-order valence-electron chi connectivity index (χ1n) is 4.83. The number of nitrogens with zero attached hydrogens (tertiary/aromatic N) is 2. The zero-order chi connectivity index (χ0) is 11.6. The van der Waals surface area contributed by atoms with Crippen LogP contribution in [0.5, 0.6) is 5.88 Å². The summed E-state index contributed by atoms with van der Waals surface area (Å²) >= 11 is 1.63. The third-order valence-corrected chi connectivity index (χ3v) is 3.05. The van der Waals surface area contributed by atoms with Gasteiger partial charge in [-0.25, -0.2) is 0 Å². The maximum absolute atomic E-state index is 5.99. The average Bonchev–Trinajstić information content (AvgIpc) is 2.44. The number of rotatable bonds is 4. The first-order chi connectivity index (χ1) is 6.83. The average molecular weight is 229 g/mol. The molecule has 1 aromatic rings. The molecule has 0 radical (unpaired) electrons. The van der Waals surface area contributed by atoms with Crippen LogP contribution in [-0.2, 0) is 6.42 Å². The van der Waals surface area contributed by atoms with Gasteiger partial charge in [0.05, 0.1) is 12.0 Å². The fourth-order valence-corrected chi connectivity index (χ4v) is 2.39. The number of hydrogen-bond donors (Lipinski definition) is 1. The van der Waals surface area contributed by atoms with Crippen LogP contribution in [0.1, 0.15) is 18.7 Å². The van der Waals surface area contributed by atoms with Crippen molar-refractivity contribution in [2.45, 2.75) is 25.8 Å². The van der Waals surface area contributed by atoms with Gasteiger partial charge in [0.15, 0.2) is 5.13 Å². The lowest BCUT2D eigenvalue weighted by molar-refractivity contribution is 0.390. The number of thiazole rings is 1. The highest BCUT2D eigenvalue weighted by molar-refractivity contribution is 7.15. The lowest BCUT2D eigenvalue weighted by atomic mass is 10.0. The van der Waals surface area contributed by atoms with Gasteiger partial charge in [-0.05, 0) is 13.8 Å². The van der Waals surface area contributed by atoms with Gasteiger partial charge in [0.1, 0.15) is 0 Å². The van der Waals surface area contributed by atoms with Gasteiger partial charge in [-0.2, -0.15) is 4.98 Å². The second-order valence-corrected chi connectivity index (χ2v) is 5.55. The van der Waals surface area contributed by atoms with Crippen LogP contribution in [0.3, 0.4) is 0 Å². The molecule has 15 heavy (non-hydrogen) atoms. The molecule has 0 aliphatic rings. The molecule has 5 heteroatoms. The Morgan fingerprint density at radius 1 is 1.47 bits per heavy atom. The fourth-order valence-electron chi connectivity index (χ4n) is 1.20. The van der Waals surface area contributed by atoms with E-state index >= 15 is 0 Å². The Balaban J connectivity index is 2.96. The first-order valence-corrected chi connectivity index (χ1v) is 5.65. The van der Waals surface area contributed by atoms with Crippen LogP contribution < -0.4 is 15.4 Å². The van der Waals surface area contributed by atoms with Crippen molar-refractivity contribution in [3.8, 4) is 5.88 Å². The summed E-state index contributed by atoms with van der Waals surface area (Å²) in [5, 5.41) is 0.950. The molecule has 2 N–H and O–H groups in total. The van der Waals surface area contributed by atoms with Gasteiger partial charge in [0, 0.05) is 26.1 Å². The second kappa shape index (κ2) is 4.37. The fraction of sp³-hybridized carbons (Fsp3) is 0.700. The summed E-state index contributed by atoms with van der Waals surface area (Å²) in [5.41, 5.74) is 5.75. The van der Waals surface area contributed by atoms with Gasteiger partial charge < -0.3 is 15.4 Å². The van der Waals surface area contributed by atoms with Crippen molar-refractivity contribution in [1.82, 2.24) is 4.98 Å². The minimum absolute atomic E-state index is 0.233. The summed E-state index contributed by atoms with van der Waals surface area (Å²) in [7, 11) is 5.58. The number of anilines is 1. The predicted octanol–water partition coefficient (Wildman–Crippen LogP) is 1.50. The van der Waals surface area contributed by atoms with Crippen molar-refractivity contribution >= 4 is 16.5 Å². The van der Waals surface area contributed by atoms with Crippen molar-refractivity contribution in [3.05, 3.63) is 4.88 Å². The second-order valence-electron chi connectivity index (χ2n) is 4.49. The van der Waals surface area contributed by atoms with Crippen molar-refractivity contribution in [1.29, 1.82) is 0 Å². The SMILES string of the molecule is COc1nc(N(C)C)sc1CC(C)(C)N. The molecule has 0 aliphatic carbocycles. The summed E-state index contributed by atoms with van der Waals surface area (Å²) in [4.78, 5) is 7.46. The molecule has 0 amide bonds. The molecule has 86 valence electrons. The zero-order valence-corrected chi connectivity index (χ0v) is 10.8. The van der Waals surface area contributed by atoms with Gasteiger partial charge >= 0.3 is 0 Å². The number of ether oxygens (including phenoxy) is 1. The Kier molecular flexibility index (Phi) is 3.57. The van der Waals surface area contributed by atoms with Crippen LogP contribution >= 0.6 is 11.3 Å². The Hall–Kier alpha value is -0.810. The van der Waals surface area contributed by atoms with E-state index in [1.165, 1.54) is 0 Å². The molecular formula is C10H19N3OS. The van der Waals surface area contributed by atoms with Crippen LogP contribution in [0.4, 0.5) is 5.13 Å². The maximum atomic E-state index is 5.99. The van der Waals surface area contributed by atoms with E-state index in [-0.39, 0.29) is 5.54 Å². The molecule has 0 bridgehead atoms. The summed E-state index contributed by atoms with van der Waals surface area (Å²) in [6.07, 6.45) is 0.779. The van der Waals surface area contributed by atoms with Crippen molar-refractivity contribution in [2.75, 3.05) is 26.1 Å². The van der Waals surface area contributed by atoms with E-state index in [1.807, 2.05) is 32.8 Å². The topological polar surface area (TPSA) is 51.4 Å². The molecule has 0 saturated heterocycles. The molecular weight excluding hydrogens is 210 g/mol. The highest BCUT2D eigenvalue weighted by Crippen LogP contribution is 2.32. The smallest absolute Gasteiger partial charge is 0.229 e. The Bertz CT molecular complexity index is 328. The van der Waals surface area contributed by atoms with Crippen molar-refractivity contribution in [3.63, 3.8) is 0 Å².